The Morgan fingerprint density at radius 2 is 1.50 bits per heavy atom. The molecule has 0 N–H and O–H groups in total. The summed E-state index contributed by atoms with van der Waals surface area (Å²) in [7, 11) is 0. The molecule has 2 heteroatoms. The predicted molar refractivity (Wildman–Crippen MR) is 130 cm³/mol. The Hall–Kier alpha value is -1.30. The van der Waals surface area contributed by atoms with Gasteiger partial charge in [0, 0.05) is 16.0 Å². The number of hydrogen-bond donors (Lipinski definition) is 0. The zero-order chi connectivity index (χ0) is 19.9. The molecule has 2 aromatic heterocycles. The molecule has 0 aliphatic heterocycles. The highest BCUT2D eigenvalue weighted by molar-refractivity contribution is 7.19. The van der Waals surface area contributed by atoms with Crippen molar-refractivity contribution < 1.29 is 0 Å². The Bertz CT molecular complexity index is 896. The highest BCUT2D eigenvalue weighted by atomic mass is 32.1. The number of thiophene rings is 2. The van der Waals surface area contributed by atoms with Gasteiger partial charge in [-0.3, -0.25) is 0 Å². The molecule has 1 aromatic carbocycles. The van der Waals surface area contributed by atoms with Gasteiger partial charge in [-0.2, -0.15) is 0 Å². The molecule has 2 unspecified atom stereocenters. The number of fused-ring (bicyclic) bond motifs is 2. The van der Waals surface area contributed by atoms with Gasteiger partial charge in [0.05, 0.1) is 10.3 Å². The summed E-state index contributed by atoms with van der Waals surface area (Å²) >= 11 is 3.79. The summed E-state index contributed by atoms with van der Waals surface area (Å²) in [5, 5.41) is 7.39. The van der Waals surface area contributed by atoms with E-state index in [9.17, 15) is 0 Å². The zero-order valence-corrected chi connectivity index (χ0v) is 19.6. The fourth-order valence-electron chi connectivity index (χ4n) is 4.21. The van der Waals surface area contributed by atoms with Gasteiger partial charge in [-0.25, -0.2) is 0 Å². The summed E-state index contributed by atoms with van der Waals surface area (Å²) in [5.41, 5.74) is 2.88. The van der Waals surface area contributed by atoms with Gasteiger partial charge in [0.1, 0.15) is 0 Å². The van der Waals surface area contributed by atoms with Crippen molar-refractivity contribution in [2.24, 2.45) is 5.92 Å². The maximum absolute atomic E-state index is 3.66. The minimum Gasteiger partial charge on any atom is -0.143 e. The molecule has 0 amide bonds. The minimum atomic E-state index is 0.524. The molecule has 0 aliphatic carbocycles. The van der Waals surface area contributed by atoms with Crippen LogP contribution in [0.5, 0.6) is 0 Å². The lowest BCUT2D eigenvalue weighted by Crippen LogP contribution is -2.00. The van der Waals surface area contributed by atoms with Crippen molar-refractivity contribution in [3.05, 3.63) is 34.0 Å². The molecule has 3 rings (SSSR count). The summed E-state index contributed by atoms with van der Waals surface area (Å²) in [6.45, 7) is 9.20. The Balaban J connectivity index is 2.12. The minimum absolute atomic E-state index is 0.524. The van der Waals surface area contributed by atoms with E-state index >= 15 is 0 Å². The zero-order valence-electron chi connectivity index (χ0n) is 17.9. The molecule has 0 saturated carbocycles. The normalized spacial score (nSPS) is 13.6. The van der Waals surface area contributed by atoms with E-state index < -0.39 is 0 Å². The largest absolute Gasteiger partial charge is 0.143 e. The number of benzene rings is 1. The summed E-state index contributed by atoms with van der Waals surface area (Å²) in [5.74, 6) is 8.48. The number of hydrogen-bond acceptors (Lipinski definition) is 2. The Morgan fingerprint density at radius 3 is 2.18 bits per heavy atom. The van der Waals surface area contributed by atoms with Gasteiger partial charge < -0.3 is 0 Å². The van der Waals surface area contributed by atoms with Crippen molar-refractivity contribution in [2.45, 2.75) is 85.0 Å². The molecule has 28 heavy (non-hydrogen) atoms. The molecule has 150 valence electrons. The summed E-state index contributed by atoms with van der Waals surface area (Å²) in [6, 6.07) is 4.66. The van der Waals surface area contributed by atoms with Crippen LogP contribution in [0.3, 0.4) is 0 Å². The second-order valence-electron chi connectivity index (χ2n) is 7.88. The first-order valence-corrected chi connectivity index (χ1v) is 12.9. The van der Waals surface area contributed by atoms with Crippen LogP contribution in [0.15, 0.2) is 22.9 Å². The smallest absolute Gasteiger partial charge is 0.0510 e. The first-order chi connectivity index (χ1) is 13.7. The fraction of sp³-hybridized carbons (Fsp3) is 0.538. The van der Waals surface area contributed by atoms with Gasteiger partial charge in [-0.15, -0.1) is 22.7 Å². The number of unbranched alkanes of at least 4 members (excludes halogenated alkanes) is 2. The molecule has 0 saturated heterocycles. The molecule has 0 fully saturated rings. The summed E-state index contributed by atoms with van der Waals surface area (Å²) in [6.07, 6.45) is 10.0. The molecular weight excluding hydrogens is 376 g/mol. The molecular formula is C26H34S2. The van der Waals surface area contributed by atoms with Crippen LogP contribution in [0.25, 0.3) is 20.2 Å². The lowest BCUT2D eigenvalue weighted by atomic mass is 9.87. The monoisotopic (exact) mass is 410 g/mol. The Labute approximate surface area is 179 Å². The van der Waals surface area contributed by atoms with Crippen LogP contribution < -0.4 is 0 Å². The highest BCUT2D eigenvalue weighted by Crippen LogP contribution is 2.43. The predicted octanol–water partition coefficient (Wildman–Crippen LogP) is 9.37. The quantitative estimate of drug-likeness (QED) is 0.308. The van der Waals surface area contributed by atoms with E-state index in [0.29, 0.717) is 11.8 Å². The van der Waals surface area contributed by atoms with Crippen molar-refractivity contribution in [2.75, 3.05) is 0 Å². The standard InChI is InChI=1S/C26H34S2/c1-5-9-11-19(7-3)13-14-21-22-15-17-28-26(22)24(20(8-4)12-10-6-2)23-16-18-27-25(21)23/h15-20H,5-12H2,1-4H3. The molecule has 0 aliphatic rings. The first-order valence-electron chi connectivity index (χ1n) is 11.2. The summed E-state index contributed by atoms with van der Waals surface area (Å²) in [4.78, 5) is 0. The fourth-order valence-corrected chi connectivity index (χ4v) is 6.17. The third kappa shape index (κ3) is 4.47. The van der Waals surface area contributed by atoms with E-state index in [1.54, 1.807) is 5.56 Å². The van der Waals surface area contributed by atoms with E-state index in [4.69, 9.17) is 0 Å². The van der Waals surface area contributed by atoms with E-state index in [1.807, 2.05) is 22.7 Å². The average molecular weight is 411 g/mol. The second kappa shape index (κ2) is 10.5. The molecule has 0 radical (unpaired) electrons. The van der Waals surface area contributed by atoms with Crippen LogP contribution in [0.1, 0.15) is 96.1 Å². The Kier molecular flexibility index (Phi) is 8.00. The van der Waals surface area contributed by atoms with E-state index in [0.717, 1.165) is 6.42 Å². The van der Waals surface area contributed by atoms with Gasteiger partial charge in [-0.05, 0) is 65.4 Å². The van der Waals surface area contributed by atoms with Crippen molar-refractivity contribution in [3.63, 3.8) is 0 Å². The third-order valence-electron chi connectivity index (χ3n) is 5.97. The molecule has 3 aromatic rings. The number of rotatable bonds is 9. The van der Waals surface area contributed by atoms with Crippen molar-refractivity contribution >= 4 is 42.8 Å². The van der Waals surface area contributed by atoms with Gasteiger partial charge >= 0.3 is 0 Å². The van der Waals surface area contributed by atoms with E-state index in [2.05, 4.69) is 62.4 Å². The van der Waals surface area contributed by atoms with Gasteiger partial charge in [0.25, 0.3) is 0 Å². The van der Waals surface area contributed by atoms with Gasteiger partial charge in [0.2, 0.25) is 0 Å². The van der Waals surface area contributed by atoms with Crippen LogP contribution in [-0.2, 0) is 0 Å². The first kappa shape index (κ1) is 21.4. The highest BCUT2D eigenvalue weighted by Gasteiger charge is 2.20. The second-order valence-corrected chi connectivity index (χ2v) is 9.71. The van der Waals surface area contributed by atoms with Crippen molar-refractivity contribution in [3.8, 4) is 11.8 Å². The molecule has 0 nitrogen and oxygen atoms in total. The van der Waals surface area contributed by atoms with E-state index in [1.165, 1.54) is 70.7 Å². The SMILES string of the molecule is CCCCC(C#Cc1c2ccsc2c(C(CC)CCCC)c2ccsc12)CC. The maximum Gasteiger partial charge on any atom is 0.0510 e. The maximum atomic E-state index is 3.66. The van der Waals surface area contributed by atoms with Gasteiger partial charge in [-0.1, -0.05) is 65.2 Å². The van der Waals surface area contributed by atoms with E-state index in [-0.39, 0.29) is 0 Å². The van der Waals surface area contributed by atoms with Crippen LogP contribution in [-0.4, -0.2) is 0 Å². The molecule has 2 heterocycles. The van der Waals surface area contributed by atoms with Gasteiger partial charge in [0.15, 0.2) is 0 Å². The lowest BCUT2D eigenvalue weighted by molar-refractivity contribution is 0.556. The topological polar surface area (TPSA) is 0 Å². The molecule has 2 atom stereocenters. The Morgan fingerprint density at radius 1 is 0.821 bits per heavy atom. The molecule has 0 spiro atoms. The van der Waals surface area contributed by atoms with Crippen LogP contribution >= 0.6 is 22.7 Å². The lowest BCUT2D eigenvalue weighted by Gasteiger charge is -2.18. The van der Waals surface area contributed by atoms with Crippen LogP contribution in [0, 0.1) is 17.8 Å². The van der Waals surface area contributed by atoms with Crippen molar-refractivity contribution in [1.82, 2.24) is 0 Å². The molecule has 0 bridgehead atoms. The van der Waals surface area contributed by atoms with Crippen LogP contribution in [0.4, 0.5) is 0 Å². The average Bonchev–Trinajstić information content (AvgIpc) is 3.38. The van der Waals surface area contributed by atoms with Crippen molar-refractivity contribution in [1.29, 1.82) is 0 Å². The van der Waals surface area contributed by atoms with Crippen LogP contribution in [0.2, 0.25) is 0 Å². The summed E-state index contributed by atoms with van der Waals surface area (Å²) < 4.78 is 2.90. The third-order valence-corrected chi connectivity index (χ3v) is 7.85.